The van der Waals surface area contributed by atoms with Crippen LogP contribution < -0.4 is 5.32 Å². The predicted octanol–water partition coefficient (Wildman–Crippen LogP) is 5.56. The molecule has 0 spiro atoms. The highest BCUT2D eigenvalue weighted by atomic mass is 35.5. The summed E-state index contributed by atoms with van der Waals surface area (Å²) in [6, 6.07) is 19.4. The van der Waals surface area contributed by atoms with Gasteiger partial charge in [-0.2, -0.15) is 0 Å². The third-order valence-corrected chi connectivity index (χ3v) is 5.69. The zero-order valence-electron chi connectivity index (χ0n) is 16.8. The lowest BCUT2D eigenvalue weighted by Gasteiger charge is -2.39. The number of carbonyl (C=O) groups excluding carboxylic acids is 1. The molecule has 2 amide bonds. The smallest absolute Gasteiger partial charge is 0.321 e. The second-order valence-corrected chi connectivity index (χ2v) is 7.90. The Hall–Kier alpha value is -2.96. The van der Waals surface area contributed by atoms with Crippen LogP contribution in [0.15, 0.2) is 72.8 Å². The molecular weight excluding hydrogens is 420 g/mol. The molecule has 1 aliphatic heterocycles. The Kier molecular flexibility index (Phi) is 6.49. The van der Waals surface area contributed by atoms with Gasteiger partial charge >= 0.3 is 6.03 Å². The standard InChI is InChI=1S/C24H22ClF2N3O/c25-19-5-11-22(12-6-19)28-24(31)30-15-13-29(14-16-30)23(17-1-7-20(26)8-2-17)18-3-9-21(27)10-4-18/h1-12,23H,13-16H2,(H,28,31). The molecule has 0 aromatic heterocycles. The lowest BCUT2D eigenvalue weighted by Crippen LogP contribution is -2.51. The first-order chi connectivity index (χ1) is 15.0. The second kappa shape index (κ2) is 9.45. The summed E-state index contributed by atoms with van der Waals surface area (Å²) in [7, 11) is 0. The average molecular weight is 442 g/mol. The van der Waals surface area contributed by atoms with Crippen molar-refractivity contribution in [2.75, 3.05) is 31.5 Å². The molecule has 0 saturated carbocycles. The van der Waals surface area contributed by atoms with Gasteiger partial charge in [0.1, 0.15) is 11.6 Å². The quantitative estimate of drug-likeness (QED) is 0.575. The number of anilines is 1. The monoisotopic (exact) mass is 441 g/mol. The van der Waals surface area contributed by atoms with E-state index in [1.165, 1.54) is 24.3 Å². The van der Waals surface area contributed by atoms with Crippen LogP contribution in [0, 0.1) is 11.6 Å². The number of hydrogen-bond acceptors (Lipinski definition) is 2. The van der Waals surface area contributed by atoms with Crippen molar-refractivity contribution < 1.29 is 13.6 Å². The second-order valence-electron chi connectivity index (χ2n) is 7.47. The fraction of sp³-hybridized carbons (Fsp3) is 0.208. The first-order valence-electron chi connectivity index (χ1n) is 10.1. The largest absolute Gasteiger partial charge is 0.322 e. The first-order valence-corrected chi connectivity index (χ1v) is 10.4. The summed E-state index contributed by atoms with van der Waals surface area (Å²) in [6.45, 7) is 2.34. The van der Waals surface area contributed by atoms with E-state index < -0.39 is 0 Å². The fourth-order valence-corrected chi connectivity index (χ4v) is 3.95. The number of piperazine rings is 1. The van der Waals surface area contributed by atoms with E-state index in [1.807, 2.05) is 0 Å². The van der Waals surface area contributed by atoms with E-state index in [0.717, 1.165) is 11.1 Å². The number of halogens is 3. The van der Waals surface area contributed by atoms with E-state index in [1.54, 1.807) is 53.4 Å². The highest BCUT2D eigenvalue weighted by Gasteiger charge is 2.28. The molecule has 0 unspecified atom stereocenters. The maximum atomic E-state index is 13.5. The molecule has 1 aliphatic rings. The summed E-state index contributed by atoms with van der Waals surface area (Å²) in [5.41, 5.74) is 2.53. The summed E-state index contributed by atoms with van der Waals surface area (Å²) in [5, 5.41) is 3.50. The van der Waals surface area contributed by atoms with Crippen molar-refractivity contribution in [3.63, 3.8) is 0 Å². The van der Waals surface area contributed by atoms with Crippen molar-refractivity contribution in [2.45, 2.75) is 6.04 Å². The average Bonchev–Trinajstić information content (AvgIpc) is 2.78. The van der Waals surface area contributed by atoms with Crippen LogP contribution in [0.2, 0.25) is 5.02 Å². The molecule has 4 nitrogen and oxygen atoms in total. The van der Waals surface area contributed by atoms with Gasteiger partial charge in [-0.3, -0.25) is 4.90 Å². The van der Waals surface area contributed by atoms with E-state index in [9.17, 15) is 13.6 Å². The molecule has 1 fully saturated rings. The zero-order chi connectivity index (χ0) is 21.8. The van der Waals surface area contributed by atoms with Crippen LogP contribution in [-0.2, 0) is 0 Å². The third kappa shape index (κ3) is 5.21. The third-order valence-electron chi connectivity index (χ3n) is 5.43. The molecule has 7 heteroatoms. The van der Waals surface area contributed by atoms with Gasteiger partial charge in [0.05, 0.1) is 6.04 Å². The molecule has 0 bridgehead atoms. The maximum Gasteiger partial charge on any atom is 0.321 e. The van der Waals surface area contributed by atoms with Gasteiger partial charge < -0.3 is 10.2 Å². The number of hydrogen-bond donors (Lipinski definition) is 1. The topological polar surface area (TPSA) is 35.6 Å². The number of benzene rings is 3. The van der Waals surface area contributed by atoms with E-state index in [4.69, 9.17) is 11.6 Å². The Balaban J connectivity index is 1.47. The summed E-state index contributed by atoms with van der Waals surface area (Å²) < 4.78 is 26.9. The minimum absolute atomic E-state index is 0.150. The minimum atomic E-state index is -0.301. The van der Waals surface area contributed by atoms with Gasteiger partial charge in [-0.1, -0.05) is 35.9 Å². The van der Waals surface area contributed by atoms with Crippen molar-refractivity contribution >= 4 is 23.3 Å². The van der Waals surface area contributed by atoms with Gasteiger partial charge in [-0.15, -0.1) is 0 Å². The van der Waals surface area contributed by atoms with Crippen LogP contribution in [0.25, 0.3) is 0 Å². The molecular formula is C24H22ClF2N3O. The van der Waals surface area contributed by atoms with Gasteiger partial charge in [-0.05, 0) is 59.7 Å². The number of nitrogens with zero attached hydrogens (tertiary/aromatic N) is 2. The van der Waals surface area contributed by atoms with E-state index >= 15 is 0 Å². The Morgan fingerprint density at radius 3 is 1.74 bits per heavy atom. The number of carbonyl (C=O) groups is 1. The molecule has 4 rings (SSSR count). The Morgan fingerprint density at radius 1 is 0.774 bits per heavy atom. The van der Waals surface area contributed by atoms with Crippen LogP contribution in [0.5, 0.6) is 0 Å². The number of urea groups is 1. The van der Waals surface area contributed by atoms with E-state index in [0.29, 0.717) is 36.9 Å². The Labute approximate surface area is 185 Å². The summed E-state index contributed by atoms with van der Waals surface area (Å²) in [6.07, 6.45) is 0. The van der Waals surface area contributed by atoms with Crippen molar-refractivity contribution in [3.05, 3.63) is 101 Å². The van der Waals surface area contributed by atoms with Crippen LogP contribution >= 0.6 is 11.6 Å². The lowest BCUT2D eigenvalue weighted by atomic mass is 9.96. The molecule has 3 aromatic rings. The predicted molar refractivity (Wildman–Crippen MR) is 118 cm³/mol. The Bertz CT molecular complexity index is 973. The SMILES string of the molecule is O=C(Nc1ccc(Cl)cc1)N1CCN(C(c2ccc(F)cc2)c2ccc(F)cc2)CC1. The highest BCUT2D eigenvalue weighted by molar-refractivity contribution is 6.30. The number of amides is 2. The molecule has 1 saturated heterocycles. The van der Waals surface area contributed by atoms with Crippen molar-refractivity contribution in [1.29, 1.82) is 0 Å². The molecule has 3 aromatic carbocycles. The molecule has 0 radical (unpaired) electrons. The van der Waals surface area contributed by atoms with Crippen molar-refractivity contribution in [2.24, 2.45) is 0 Å². The Morgan fingerprint density at radius 2 is 1.26 bits per heavy atom. The van der Waals surface area contributed by atoms with Gasteiger partial charge in [-0.25, -0.2) is 13.6 Å². The molecule has 31 heavy (non-hydrogen) atoms. The van der Waals surface area contributed by atoms with Crippen LogP contribution in [-0.4, -0.2) is 42.0 Å². The van der Waals surface area contributed by atoms with Crippen LogP contribution in [0.1, 0.15) is 17.2 Å². The highest BCUT2D eigenvalue weighted by Crippen LogP contribution is 2.30. The van der Waals surface area contributed by atoms with Crippen LogP contribution in [0.3, 0.4) is 0 Å². The summed E-state index contributed by atoms with van der Waals surface area (Å²) in [4.78, 5) is 16.6. The first kappa shape index (κ1) is 21.3. The van der Waals surface area contributed by atoms with Gasteiger partial charge in [0, 0.05) is 36.9 Å². The molecule has 1 N–H and O–H groups in total. The number of nitrogens with one attached hydrogen (secondary N) is 1. The van der Waals surface area contributed by atoms with Crippen molar-refractivity contribution in [3.8, 4) is 0 Å². The van der Waals surface area contributed by atoms with Gasteiger partial charge in [0.2, 0.25) is 0 Å². The zero-order valence-corrected chi connectivity index (χ0v) is 17.5. The van der Waals surface area contributed by atoms with Gasteiger partial charge in [0.15, 0.2) is 0 Å². The van der Waals surface area contributed by atoms with Crippen molar-refractivity contribution in [1.82, 2.24) is 9.80 Å². The van der Waals surface area contributed by atoms with E-state index in [-0.39, 0.29) is 23.7 Å². The summed E-state index contributed by atoms with van der Waals surface area (Å²) in [5.74, 6) is -0.601. The van der Waals surface area contributed by atoms with Gasteiger partial charge in [0.25, 0.3) is 0 Å². The maximum absolute atomic E-state index is 13.5. The minimum Gasteiger partial charge on any atom is -0.322 e. The normalized spacial score (nSPS) is 14.6. The van der Waals surface area contributed by atoms with Crippen LogP contribution in [0.4, 0.5) is 19.3 Å². The summed E-state index contributed by atoms with van der Waals surface area (Å²) >= 11 is 5.89. The molecule has 0 atom stereocenters. The molecule has 160 valence electrons. The van der Waals surface area contributed by atoms with E-state index in [2.05, 4.69) is 10.2 Å². The number of rotatable bonds is 4. The molecule has 0 aliphatic carbocycles. The lowest BCUT2D eigenvalue weighted by molar-refractivity contribution is 0.126. The fourth-order valence-electron chi connectivity index (χ4n) is 3.82. The molecule has 1 heterocycles.